The van der Waals surface area contributed by atoms with Gasteiger partial charge in [0.1, 0.15) is 17.1 Å². The van der Waals surface area contributed by atoms with Crippen molar-refractivity contribution in [2.24, 2.45) is 11.7 Å². The molecule has 2 aromatic rings. The zero-order valence-electron chi connectivity index (χ0n) is 26.0. The maximum absolute atomic E-state index is 15.5. The summed E-state index contributed by atoms with van der Waals surface area (Å²) in [5.41, 5.74) is 5.87. The number of ether oxygens (including phenoxy) is 4. The van der Waals surface area contributed by atoms with Crippen LogP contribution in [0, 0.1) is 23.1 Å². The molecule has 1 unspecified atom stereocenters. The zero-order valence-corrected chi connectivity index (χ0v) is 26.0. The van der Waals surface area contributed by atoms with Crippen molar-refractivity contribution < 1.29 is 37.7 Å². The predicted octanol–water partition coefficient (Wildman–Crippen LogP) is 4.75. The maximum atomic E-state index is 15.5. The van der Waals surface area contributed by atoms with Crippen LogP contribution in [0.25, 0.3) is 0 Å². The number of likely N-dealkylation sites (tertiary alicyclic amines) is 1. The van der Waals surface area contributed by atoms with Crippen LogP contribution in [0.5, 0.6) is 5.75 Å². The number of para-hydroxylation sites is 1. The van der Waals surface area contributed by atoms with Gasteiger partial charge in [-0.15, -0.1) is 0 Å². The number of amides is 1. The summed E-state index contributed by atoms with van der Waals surface area (Å²) in [6.07, 6.45) is 0.786. The molecule has 0 aliphatic carbocycles. The number of hydrogen-bond acceptors (Lipinski definition) is 10. The number of rotatable bonds is 7. The van der Waals surface area contributed by atoms with Crippen LogP contribution in [0.3, 0.4) is 0 Å². The largest absolute Gasteiger partial charge is 0.488 e. The van der Waals surface area contributed by atoms with Crippen molar-refractivity contribution in [1.82, 2.24) is 4.90 Å². The van der Waals surface area contributed by atoms with Crippen LogP contribution in [-0.4, -0.2) is 62.4 Å². The molecule has 2 N–H and O–H groups in total. The summed E-state index contributed by atoms with van der Waals surface area (Å²) >= 11 is 0. The van der Waals surface area contributed by atoms with E-state index in [1.54, 1.807) is 56.0 Å². The lowest BCUT2D eigenvalue weighted by Crippen LogP contribution is -2.42. The number of benzene rings is 2. The molecule has 2 heterocycles. The number of nitriles is 1. The summed E-state index contributed by atoms with van der Waals surface area (Å²) in [5, 5.41) is 10.3. The van der Waals surface area contributed by atoms with Crippen LogP contribution in [-0.2, 0) is 23.8 Å². The minimum absolute atomic E-state index is 0.0141. The second-order valence-corrected chi connectivity index (χ2v) is 11.6. The standard InChI is InChI=1S/C33H37FN4O7/c1-33(2,3)45-32(41)37-16-14-20(15-17-37)19-44-28-23(34)12-9-13-24(28)38-27(31(40)43-5)26(30(39)42-4)25(22(18-35)29(38)36)21-10-7-6-8-11-21/h6-13,20,25H,14-17,19,36H2,1-5H3. The van der Waals surface area contributed by atoms with Gasteiger partial charge in [0.2, 0.25) is 0 Å². The van der Waals surface area contributed by atoms with Crippen LogP contribution in [0.1, 0.15) is 45.1 Å². The van der Waals surface area contributed by atoms with Crippen molar-refractivity contribution in [2.45, 2.75) is 45.1 Å². The van der Waals surface area contributed by atoms with E-state index in [1.165, 1.54) is 18.2 Å². The van der Waals surface area contributed by atoms with Crippen molar-refractivity contribution in [3.05, 3.63) is 82.6 Å². The molecule has 0 saturated carbocycles. The molecule has 1 fully saturated rings. The normalized spacial score (nSPS) is 17.5. The molecular weight excluding hydrogens is 583 g/mol. The zero-order chi connectivity index (χ0) is 32.9. The van der Waals surface area contributed by atoms with E-state index in [-0.39, 0.29) is 46.6 Å². The van der Waals surface area contributed by atoms with Crippen LogP contribution in [0.2, 0.25) is 0 Å². The fourth-order valence-corrected chi connectivity index (χ4v) is 5.39. The number of carbonyl (C=O) groups is 3. The Balaban J connectivity index is 1.72. The first-order valence-electron chi connectivity index (χ1n) is 14.5. The summed E-state index contributed by atoms with van der Waals surface area (Å²) in [6.45, 7) is 6.39. The smallest absolute Gasteiger partial charge is 0.410 e. The number of allylic oxidation sites excluding steroid dienone is 1. The summed E-state index contributed by atoms with van der Waals surface area (Å²) in [7, 11) is 2.28. The number of piperidine rings is 1. The van der Waals surface area contributed by atoms with Crippen molar-refractivity contribution in [2.75, 3.05) is 38.8 Å². The molecule has 2 aromatic carbocycles. The van der Waals surface area contributed by atoms with Gasteiger partial charge >= 0.3 is 18.0 Å². The van der Waals surface area contributed by atoms with E-state index in [2.05, 4.69) is 6.07 Å². The third-order valence-corrected chi connectivity index (χ3v) is 7.53. The number of methoxy groups -OCH3 is 2. The molecule has 4 rings (SSSR count). The lowest BCUT2D eigenvalue weighted by molar-refractivity contribution is -0.139. The molecule has 11 nitrogen and oxygen atoms in total. The predicted molar refractivity (Wildman–Crippen MR) is 162 cm³/mol. The Kier molecular flexibility index (Phi) is 10.0. The first-order chi connectivity index (χ1) is 21.4. The SMILES string of the molecule is COC(=O)C1=C(C(=O)OC)N(c2cccc(F)c2OCC2CCN(C(=O)OC(C)(C)C)CC2)C(N)=C(C#N)C1c1ccccc1. The molecule has 0 spiro atoms. The average Bonchev–Trinajstić information content (AvgIpc) is 3.02. The second kappa shape index (κ2) is 13.7. The Morgan fingerprint density at radius 2 is 1.64 bits per heavy atom. The average molecular weight is 621 g/mol. The van der Waals surface area contributed by atoms with Crippen LogP contribution < -0.4 is 15.4 Å². The molecule has 12 heteroatoms. The van der Waals surface area contributed by atoms with Crippen LogP contribution in [0.4, 0.5) is 14.9 Å². The topological polar surface area (TPSA) is 144 Å². The summed E-state index contributed by atoms with van der Waals surface area (Å²) in [4.78, 5) is 41.9. The number of nitrogens with zero attached hydrogens (tertiary/aromatic N) is 3. The Morgan fingerprint density at radius 1 is 1.00 bits per heavy atom. The summed E-state index contributed by atoms with van der Waals surface area (Å²) in [6, 6.07) is 14.7. The third-order valence-electron chi connectivity index (χ3n) is 7.53. The fraction of sp³-hybridized carbons (Fsp3) is 0.394. The Morgan fingerprint density at radius 3 is 2.22 bits per heavy atom. The first-order valence-corrected chi connectivity index (χ1v) is 14.5. The van der Waals surface area contributed by atoms with Crippen molar-refractivity contribution >= 4 is 23.7 Å². The number of anilines is 1. The van der Waals surface area contributed by atoms with E-state index >= 15 is 4.39 Å². The lowest BCUT2D eigenvalue weighted by Gasteiger charge is -2.37. The minimum atomic E-state index is -1.07. The van der Waals surface area contributed by atoms with Gasteiger partial charge in [0.15, 0.2) is 11.6 Å². The van der Waals surface area contributed by atoms with E-state index < -0.39 is 35.4 Å². The van der Waals surface area contributed by atoms with Gasteiger partial charge in [0.05, 0.1) is 49.6 Å². The highest BCUT2D eigenvalue weighted by Gasteiger charge is 2.44. The second-order valence-electron chi connectivity index (χ2n) is 11.6. The molecule has 45 heavy (non-hydrogen) atoms. The first kappa shape index (κ1) is 32.9. The minimum Gasteiger partial charge on any atom is -0.488 e. The van der Waals surface area contributed by atoms with E-state index in [9.17, 15) is 19.6 Å². The molecular formula is C33H37FN4O7. The molecule has 0 radical (unpaired) electrons. The molecule has 238 valence electrons. The molecule has 1 atom stereocenters. The molecule has 1 saturated heterocycles. The highest BCUT2D eigenvalue weighted by Crippen LogP contribution is 2.46. The highest BCUT2D eigenvalue weighted by molar-refractivity contribution is 6.06. The van der Waals surface area contributed by atoms with E-state index in [4.69, 9.17) is 24.7 Å². The number of esters is 2. The Hall–Kier alpha value is -5.05. The van der Waals surface area contributed by atoms with Gasteiger partial charge in [-0.05, 0) is 57.2 Å². The molecule has 2 aliphatic rings. The molecule has 0 bridgehead atoms. The lowest BCUT2D eigenvalue weighted by atomic mass is 9.81. The molecule has 0 aromatic heterocycles. The monoisotopic (exact) mass is 620 g/mol. The quantitative estimate of drug-likeness (QED) is 0.340. The number of hydrogen-bond donors (Lipinski definition) is 1. The van der Waals surface area contributed by atoms with Gasteiger partial charge in [-0.25, -0.2) is 18.8 Å². The number of halogens is 1. The number of nitrogens with two attached hydrogens (primary N) is 1. The highest BCUT2D eigenvalue weighted by atomic mass is 19.1. The summed E-state index contributed by atoms with van der Waals surface area (Å²) < 4.78 is 37.1. The van der Waals surface area contributed by atoms with Gasteiger partial charge in [-0.2, -0.15) is 5.26 Å². The van der Waals surface area contributed by atoms with Gasteiger partial charge in [0.25, 0.3) is 0 Å². The van der Waals surface area contributed by atoms with E-state index in [0.29, 0.717) is 31.5 Å². The van der Waals surface area contributed by atoms with Gasteiger partial charge in [0, 0.05) is 13.1 Å². The van der Waals surface area contributed by atoms with Gasteiger partial charge in [-0.3, -0.25) is 4.90 Å². The van der Waals surface area contributed by atoms with Crippen LogP contribution in [0.15, 0.2) is 71.2 Å². The Labute approximate surface area is 261 Å². The third kappa shape index (κ3) is 7.03. The van der Waals surface area contributed by atoms with E-state index in [1.807, 2.05) is 0 Å². The van der Waals surface area contributed by atoms with Gasteiger partial charge in [-0.1, -0.05) is 36.4 Å². The summed E-state index contributed by atoms with van der Waals surface area (Å²) in [5.74, 6) is -4.15. The van der Waals surface area contributed by atoms with Crippen molar-refractivity contribution in [3.63, 3.8) is 0 Å². The fourth-order valence-electron chi connectivity index (χ4n) is 5.39. The molecule has 2 aliphatic heterocycles. The van der Waals surface area contributed by atoms with Crippen molar-refractivity contribution in [3.8, 4) is 11.8 Å². The Bertz CT molecular complexity index is 1550. The van der Waals surface area contributed by atoms with E-state index in [0.717, 1.165) is 19.1 Å². The number of carbonyl (C=O) groups excluding carboxylic acids is 3. The maximum Gasteiger partial charge on any atom is 0.410 e. The van der Waals surface area contributed by atoms with Gasteiger partial charge < -0.3 is 29.6 Å². The molecule has 1 amide bonds. The van der Waals surface area contributed by atoms with Crippen molar-refractivity contribution in [1.29, 1.82) is 5.26 Å². The van der Waals surface area contributed by atoms with Crippen LogP contribution >= 0.6 is 0 Å².